The van der Waals surface area contributed by atoms with Crippen molar-refractivity contribution in [2.75, 3.05) is 13.1 Å². The lowest BCUT2D eigenvalue weighted by molar-refractivity contribution is 0.221. The zero-order chi connectivity index (χ0) is 11.7. The summed E-state index contributed by atoms with van der Waals surface area (Å²) in [7, 11) is 0. The number of likely N-dealkylation sites (tertiary alicyclic amines) is 1. The lowest BCUT2D eigenvalue weighted by Gasteiger charge is -2.26. The van der Waals surface area contributed by atoms with E-state index in [0.29, 0.717) is 0 Å². The maximum atomic E-state index is 13.1. The van der Waals surface area contributed by atoms with E-state index in [9.17, 15) is 4.39 Å². The number of hydrogen-bond acceptors (Lipinski definition) is 1. The van der Waals surface area contributed by atoms with Gasteiger partial charge in [0.05, 0.1) is 0 Å². The summed E-state index contributed by atoms with van der Waals surface area (Å²) < 4.78 is 13.1. The second-order valence-corrected chi connectivity index (χ2v) is 4.84. The molecule has 2 aromatic rings. The van der Waals surface area contributed by atoms with Crippen molar-refractivity contribution < 1.29 is 4.39 Å². The Morgan fingerprint density at radius 3 is 2.82 bits per heavy atom. The average molecular weight is 232 g/mol. The molecule has 0 atom stereocenters. The van der Waals surface area contributed by atoms with E-state index >= 15 is 0 Å². The summed E-state index contributed by atoms with van der Waals surface area (Å²) in [6, 6.07) is 4.98. The molecule has 0 amide bonds. The van der Waals surface area contributed by atoms with Crippen LogP contribution in [0.2, 0.25) is 0 Å². The Hall–Kier alpha value is -1.35. The van der Waals surface area contributed by atoms with E-state index in [0.717, 1.165) is 17.4 Å². The average Bonchev–Trinajstić information content (AvgIpc) is 2.73. The normalized spacial score (nSPS) is 17.7. The van der Waals surface area contributed by atoms with Crippen molar-refractivity contribution in [3.8, 4) is 0 Å². The van der Waals surface area contributed by atoms with Crippen LogP contribution >= 0.6 is 0 Å². The van der Waals surface area contributed by atoms with E-state index < -0.39 is 0 Å². The van der Waals surface area contributed by atoms with Gasteiger partial charge in [0.15, 0.2) is 0 Å². The van der Waals surface area contributed by atoms with Crippen LogP contribution in [0.3, 0.4) is 0 Å². The monoisotopic (exact) mass is 232 g/mol. The second-order valence-electron chi connectivity index (χ2n) is 4.84. The number of rotatable bonds is 2. The first-order valence-electron chi connectivity index (χ1n) is 6.31. The number of aromatic nitrogens is 1. The van der Waals surface area contributed by atoms with Crippen molar-refractivity contribution in [3.63, 3.8) is 0 Å². The third-order valence-corrected chi connectivity index (χ3v) is 3.57. The quantitative estimate of drug-likeness (QED) is 0.841. The van der Waals surface area contributed by atoms with Gasteiger partial charge in [0.25, 0.3) is 0 Å². The van der Waals surface area contributed by atoms with Crippen LogP contribution in [-0.2, 0) is 6.54 Å². The van der Waals surface area contributed by atoms with Gasteiger partial charge in [-0.1, -0.05) is 6.42 Å². The molecular weight excluding hydrogens is 215 g/mol. The molecule has 0 spiro atoms. The zero-order valence-corrected chi connectivity index (χ0v) is 9.88. The molecular formula is C14H17FN2. The summed E-state index contributed by atoms with van der Waals surface area (Å²) in [5.41, 5.74) is 2.18. The molecule has 0 bridgehead atoms. The third kappa shape index (κ3) is 2.20. The Bertz CT molecular complexity index is 512. The predicted molar refractivity (Wildman–Crippen MR) is 67.4 cm³/mol. The van der Waals surface area contributed by atoms with Crippen LogP contribution in [0.25, 0.3) is 10.9 Å². The molecule has 1 aliphatic rings. The molecule has 1 N–H and O–H groups in total. The molecule has 1 fully saturated rings. The van der Waals surface area contributed by atoms with Gasteiger partial charge < -0.3 is 4.98 Å². The van der Waals surface area contributed by atoms with E-state index in [2.05, 4.69) is 9.88 Å². The number of halogens is 1. The van der Waals surface area contributed by atoms with Crippen LogP contribution in [0.1, 0.15) is 24.8 Å². The van der Waals surface area contributed by atoms with E-state index in [1.807, 2.05) is 12.3 Å². The van der Waals surface area contributed by atoms with Gasteiger partial charge >= 0.3 is 0 Å². The Balaban J connectivity index is 1.84. The van der Waals surface area contributed by atoms with Crippen molar-refractivity contribution in [2.24, 2.45) is 0 Å². The van der Waals surface area contributed by atoms with Gasteiger partial charge in [-0.3, -0.25) is 4.90 Å². The molecule has 90 valence electrons. The summed E-state index contributed by atoms with van der Waals surface area (Å²) in [5, 5.41) is 1.15. The van der Waals surface area contributed by atoms with Gasteiger partial charge in [-0.2, -0.15) is 0 Å². The fraction of sp³-hybridized carbons (Fsp3) is 0.429. The van der Waals surface area contributed by atoms with Crippen LogP contribution in [0.5, 0.6) is 0 Å². The first-order valence-corrected chi connectivity index (χ1v) is 6.31. The molecule has 3 heteroatoms. The number of piperidine rings is 1. The summed E-state index contributed by atoms with van der Waals surface area (Å²) in [6.45, 7) is 3.35. The maximum Gasteiger partial charge on any atom is 0.125 e. The molecule has 1 saturated heterocycles. The highest BCUT2D eigenvalue weighted by molar-refractivity contribution is 5.83. The molecule has 0 radical (unpaired) electrons. The molecule has 2 heterocycles. The van der Waals surface area contributed by atoms with Gasteiger partial charge in [-0.05, 0) is 49.7 Å². The van der Waals surface area contributed by atoms with Crippen molar-refractivity contribution in [2.45, 2.75) is 25.8 Å². The number of fused-ring (bicyclic) bond motifs is 1. The minimum absolute atomic E-state index is 0.177. The van der Waals surface area contributed by atoms with Crippen molar-refractivity contribution in [1.29, 1.82) is 0 Å². The van der Waals surface area contributed by atoms with Crippen molar-refractivity contribution in [3.05, 3.63) is 35.8 Å². The minimum atomic E-state index is -0.177. The van der Waals surface area contributed by atoms with Crippen LogP contribution in [0, 0.1) is 5.82 Å². The Morgan fingerprint density at radius 1 is 1.18 bits per heavy atom. The van der Waals surface area contributed by atoms with Gasteiger partial charge in [-0.25, -0.2) is 4.39 Å². The highest BCUT2D eigenvalue weighted by atomic mass is 19.1. The number of H-pyrrole nitrogens is 1. The SMILES string of the molecule is Fc1ccc2c(CN3CCCCC3)c[nH]c2c1. The molecule has 1 aromatic carbocycles. The van der Waals surface area contributed by atoms with Gasteiger partial charge in [0, 0.05) is 23.6 Å². The lowest BCUT2D eigenvalue weighted by Crippen LogP contribution is -2.28. The largest absolute Gasteiger partial charge is 0.361 e. The van der Waals surface area contributed by atoms with Crippen LogP contribution in [0.4, 0.5) is 4.39 Å². The molecule has 1 aliphatic heterocycles. The summed E-state index contributed by atoms with van der Waals surface area (Å²) in [4.78, 5) is 5.63. The van der Waals surface area contributed by atoms with Crippen molar-refractivity contribution >= 4 is 10.9 Å². The van der Waals surface area contributed by atoms with Crippen LogP contribution < -0.4 is 0 Å². The number of nitrogens with zero attached hydrogens (tertiary/aromatic N) is 1. The molecule has 17 heavy (non-hydrogen) atoms. The fourth-order valence-electron chi connectivity index (χ4n) is 2.65. The topological polar surface area (TPSA) is 19.0 Å². The Labute approximate surface area is 100 Å². The predicted octanol–water partition coefficient (Wildman–Crippen LogP) is 3.29. The second kappa shape index (κ2) is 4.49. The van der Waals surface area contributed by atoms with E-state index in [-0.39, 0.29) is 5.82 Å². The highest BCUT2D eigenvalue weighted by Gasteiger charge is 2.12. The fourth-order valence-corrected chi connectivity index (χ4v) is 2.65. The Morgan fingerprint density at radius 2 is 2.00 bits per heavy atom. The lowest BCUT2D eigenvalue weighted by atomic mass is 10.1. The van der Waals surface area contributed by atoms with Gasteiger partial charge in [0.2, 0.25) is 0 Å². The number of nitrogens with one attached hydrogen (secondary N) is 1. The molecule has 0 aliphatic carbocycles. The van der Waals surface area contributed by atoms with E-state index in [1.54, 1.807) is 6.07 Å². The number of benzene rings is 1. The molecule has 3 rings (SSSR count). The number of aromatic amines is 1. The minimum Gasteiger partial charge on any atom is -0.361 e. The van der Waals surface area contributed by atoms with Crippen LogP contribution in [0.15, 0.2) is 24.4 Å². The molecule has 2 nitrogen and oxygen atoms in total. The summed E-state index contributed by atoms with van der Waals surface area (Å²) in [6.07, 6.45) is 5.97. The van der Waals surface area contributed by atoms with E-state index in [4.69, 9.17) is 0 Å². The first-order chi connectivity index (χ1) is 8.33. The standard InChI is InChI=1S/C14H17FN2/c15-12-4-5-13-11(9-16-14(13)8-12)10-17-6-2-1-3-7-17/h4-5,8-9,16H,1-3,6-7,10H2. The summed E-state index contributed by atoms with van der Waals surface area (Å²) >= 11 is 0. The Kier molecular flexibility index (Phi) is 2.85. The third-order valence-electron chi connectivity index (χ3n) is 3.57. The molecule has 1 aromatic heterocycles. The summed E-state index contributed by atoms with van der Waals surface area (Å²) in [5.74, 6) is -0.177. The first kappa shape index (κ1) is 10.8. The smallest absolute Gasteiger partial charge is 0.125 e. The molecule has 0 saturated carbocycles. The molecule has 0 unspecified atom stereocenters. The van der Waals surface area contributed by atoms with Crippen molar-refractivity contribution in [1.82, 2.24) is 9.88 Å². The van der Waals surface area contributed by atoms with Gasteiger partial charge in [-0.15, -0.1) is 0 Å². The van der Waals surface area contributed by atoms with Crippen LogP contribution in [-0.4, -0.2) is 23.0 Å². The zero-order valence-electron chi connectivity index (χ0n) is 9.88. The number of hydrogen-bond donors (Lipinski definition) is 1. The maximum absolute atomic E-state index is 13.1. The highest BCUT2D eigenvalue weighted by Crippen LogP contribution is 2.22. The van der Waals surface area contributed by atoms with Gasteiger partial charge in [0.1, 0.15) is 5.82 Å². The van der Waals surface area contributed by atoms with E-state index in [1.165, 1.54) is 44.0 Å².